The smallest absolute Gasteiger partial charge is 0.407 e. The molecular formula is C12H10BrN3O3S. The number of halogens is 1. The molecule has 1 aliphatic heterocycles. The largest absolute Gasteiger partial charge is 0.465 e. The molecule has 2 aromatic heterocycles. The lowest BCUT2D eigenvalue weighted by atomic mass is 10.1. The maximum atomic E-state index is 12.1. The fourth-order valence-electron chi connectivity index (χ4n) is 3.08. The minimum absolute atomic E-state index is 0.199. The van der Waals surface area contributed by atoms with E-state index in [4.69, 9.17) is 0 Å². The number of nitrogens with zero attached hydrogens (tertiary/aromatic N) is 2. The van der Waals surface area contributed by atoms with Crippen molar-refractivity contribution in [2.45, 2.75) is 12.5 Å². The average Bonchev–Trinajstić information content (AvgIpc) is 2.86. The Balaban J connectivity index is 1.85. The van der Waals surface area contributed by atoms with Crippen molar-refractivity contribution in [3.63, 3.8) is 0 Å². The number of H-pyrrole nitrogens is 1. The number of carboxylic acid groups (broad SMARTS) is 1. The summed E-state index contributed by atoms with van der Waals surface area (Å²) in [6.45, 7) is 0.541. The zero-order chi connectivity index (χ0) is 14.0. The monoisotopic (exact) mass is 355 g/mol. The highest BCUT2D eigenvalue weighted by atomic mass is 79.9. The zero-order valence-electron chi connectivity index (χ0n) is 10.2. The van der Waals surface area contributed by atoms with Crippen LogP contribution in [0.25, 0.3) is 10.2 Å². The van der Waals surface area contributed by atoms with Gasteiger partial charge in [0.2, 0.25) is 0 Å². The van der Waals surface area contributed by atoms with Gasteiger partial charge in [0, 0.05) is 6.54 Å². The first-order valence-corrected chi connectivity index (χ1v) is 7.84. The molecule has 1 aliphatic carbocycles. The minimum atomic E-state index is -0.948. The molecule has 1 amide bonds. The van der Waals surface area contributed by atoms with Crippen LogP contribution in [0, 0.1) is 11.8 Å². The molecule has 4 rings (SSSR count). The van der Waals surface area contributed by atoms with Gasteiger partial charge < -0.3 is 10.1 Å². The number of nitrogens with one attached hydrogen (secondary N) is 1. The van der Waals surface area contributed by atoms with Gasteiger partial charge in [-0.15, -0.1) is 11.3 Å². The Bertz CT molecular complexity index is 786. The van der Waals surface area contributed by atoms with Crippen molar-refractivity contribution in [3.8, 4) is 0 Å². The third-order valence-electron chi connectivity index (χ3n) is 4.05. The van der Waals surface area contributed by atoms with Crippen molar-refractivity contribution in [2.24, 2.45) is 11.8 Å². The number of hydrogen-bond donors (Lipinski definition) is 2. The number of fused-ring (bicyclic) bond motifs is 2. The minimum Gasteiger partial charge on any atom is -0.465 e. The van der Waals surface area contributed by atoms with Gasteiger partial charge in [0.1, 0.15) is 10.5 Å². The van der Waals surface area contributed by atoms with Crippen molar-refractivity contribution < 1.29 is 9.90 Å². The number of hydrogen-bond acceptors (Lipinski definition) is 4. The van der Waals surface area contributed by atoms with Gasteiger partial charge in [-0.3, -0.25) is 9.69 Å². The molecule has 8 heteroatoms. The summed E-state index contributed by atoms with van der Waals surface area (Å²) in [5.41, 5.74) is 0.421. The number of thiophene rings is 1. The van der Waals surface area contributed by atoms with E-state index in [1.807, 2.05) is 0 Å². The Labute approximate surface area is 125 Å². The molecule has 2 aliphatic rings. The van der Waals surface area contributed by atoms with Crippen molar-refractivity contribution in [2.75, 3.05) is 6.54 Å². The Morgan fingerprint density at radius 3 is 3.15 bits per heavy atom. The highest BCUT2D eigenvalue weighted by Gasteiger charge is 2.55. The van der Waals surface area contributed by atoms with E-state index in [0.717, 1.165) is 10.2 Å². The first-order chi connectivity index (χ1) is 9.54. The van der Waals surface area contributed by atoms with Gasteiger partial charge >= 0.3 is 6.09 Å². The molecule has 20 heavy (non-hydrogen) atoms. The highest BCUT2D eigenvalue weighted by molar-refractivity contribution is 9.11. The Morgan fingerprint density at radius 1 is 1.60 bits per heavy atom. The Hall–Kier alpha value is -1.41. The predicted octanol–water partition coefficient (Wildman–Crippen LogP) is 2.42. The van der Waals surface area contributed by atoms with E-state index >= 15 is 0 Å². The average molecular weight is 356 g/mol. The summed E-state index contributed by atoms with van der Waals surface area (Å²) >= 11 is 4.67. The second-order valence-corrected chi connectivity index (χ2v) is 7.69. The first-order valence-electron chi connectivity index (χ1n) is 6.23. The van der Waals surface area contributed by atoms with E-state index in [1.54, 1.807) is 6.07 Å². The molecular weight excluding hydrogens is 346 g/mol. The normalized spacial score (nSPS) is 27.9. The Kier molecular flexibility index (Phi) is 2.50. The van der Waals surface area contributed by atoms with Crippen molar-refractivity contribution in [1.82, 2.24) is 14.9 Å². The Morgan fingerprint density at radius 2 is 2.40 bits per heavy atom. The van der Waals surface area contributed by atoms with Crippen LogP contribution in [0.15, 0.2) is 14.6 Å². The van der Waals surface area contributed by atoms with Gasteiger partial charge in [-0.25, -0.2) is 9.78 Å². The quantitative estimate of drug-likeness (QED) is 0.822. The second-order valence-electron chi connectivity index (χ2n) is 5.26. The molecule has 0 aromatic carbocycles. The summed E-state index contributed by atoms with van der Waals surface area (Å²) in [6, 6.07) is 1.48. The van der Waals surface area contributed by atoms with Crippen LogP contribution in [0.3, 0.4) is 0 Å². The number of aromatic amines is 1. The van der Waals surface area contributed by atoms with E-state index in [2.05, 4.69) is 25.9 Å². The standard InChI is InChI=1S/C12H10BrN3O3S/c13-7-2-6-9(20-7)11(17)15-10(14-6)8-5-1-4(5)3-16(8)12(18)19/h2,4-5,8H,1,3H2,(H,18,19)(H,14,15,17). The first kappa shape index (κ1) is 12.3. The van der Waals surface area contributed by atoms with Crippen LogP contribution in [0.4, 0.5) is 4.79 Å². The topological polar surface area (TPSA) is 86.3 Å². The molecule has 6 nitrogen and oxygen atoms in total. The molecule has 0 radical (unpaired) electrons. The summed E-state index contributed by atoms with van der Waals surface area (Å²) in [4.78, 5) is 32.0. The van der Waals surface area contributed by atoms with E-state index < -0.39 is 6.09 Å². The fourth-order valence-corrected chi connectivity index (χ4v) is 4.50. The lowest BCUT2D eigenvalue weighted by Crippen LogP contribution is -2.33. The zero-order valence-corrected chi connectivity index (χ0v) is 12.6. The molecule has 3 heterocycles. The van der Waals surface area contributed by atoms with Gasteiger partial charge in [-0.2, -0.15) is 0 Å². The number of amides is 1. The molecule has 104 valence electrons. The number of piperidine rings is 1. The summed E-state index contributed by atoms with van der Waals surface area (Å²) in [5, 5.41) is 9.27. The third-order valence-corrected chi connectivity index (χ3v) is 5.67. The summed E-state index contributed by atoms with van der Waals surface area (Å²) in [7, 11) is 0. The molecule has 3 atom stereocenters. The predicted molar refractivity (Wildman–Crippen MR) is 77.0 cm³/mol. The molecule has 2 aromatic rings. The molecule has 3 unspecified atom stereocenters. The summed E-state index contributed by atoms with van der Waals surface area (Å²) < 4.78 is 1.40. The second kappa shape index (κ2) is 4.05. The SMILES string of the molecule is O=C(O)N1CC2CC2C1c1nc2cc(Br)sc2c(=O)[nH]1. The van der Waals surface area contributed by atoms with E-state index in [-0.39, 0.29) is 11.6 Å². The molecule has 1 saturated heterocycles. The van der Waals surface area contributed by atoms with E-state index in [1.165, 1.54) is 16.2 Å². The van der Waals surface area contributed by atoms with Gasteiger partial charge in [0.25, 0.3) is 5.56 Å². The maximum Gasteiger partial charge on any atom is 0.407 e. The lowest BCUT2D eigenvalue weighted by Gasteiger charge is -2.23. The van der Waals surface area contributed by atoms with E-state index in [9.17, 15) is 14.7 Å². The highest BCUT2D eigenvalue weighted by Crippen LogP contribution is 2.55. The summed E-state index contributed by atoms with van der Waals surface area (Å²) in [6.07, 6.45) is 0.0697. The maximum absolute atomic E-state index is 12.1. The van der Waals surface area contributed by atoms with Crippen molar-refractivity contribution in [3.05, 3.63) is 26.0 Å². The van der Waals surface area contributed by atoms with Crippen LogP contribution < -0.4 is 5.56 Å². The molecule has 1 saturated carbocycles. The van der Waals surface area contributed by atoms with Gasteiger partial charge in [-0.1, -0.05) is 0 Å². The van der Waals surface area contributed by atoms with E-state index in [0.29, 0.717) is 34.4 Å². The van der Waals surface area contributed by atoms with Crippen molar-refractivity contribution >= 4 is 43.6 Å². The summed E-state index contributed by atoms with van der Waals surface area (Å²) in [5.74, 6) is 1.19. The molecule has 0 spiro atoms. The van der Waals surface area contributed by atoms with Crippen LogP contribution in [-0.2, 0) is 0 Å². The van der Waals surface area contributed by atoms with Crippen LogP contribution in [0.1, 0.15) is 18.3 Å². The van der Waals surface area contributed by atoms with Crippen molar-refractivity contribution in [1.29, 1.82) is 0 Å². The third kappa shape index (κ3) is 1.71. The van der Waals surface area contributed by atoms with Crippen LogP contribution in [0.2, 0.25) is 0 Å². The van der Waals surface area contributed by atoms with Gasteiger partial charge in [0.15, 0.2) is 0 Å². The fraction of sp³-hybridized carbons (Fsp3) is 0.417. The molecule has 2 fully saturated rings. The lowest BCUT2D eigenvalue weighted by molar-refractivity contribution is 0.129. The number of carbonyl (C=O) groups is 1. The number of likely N-dealkylation sites (tertiary alicyclic amines) is 1. The van der Waals surface area contributed by atoms with Crippen LogP contribution in [-0.4, -0.2) is 32.6 Å². The van der Waals surface area contributed by atoms with Gasteiger partial charge in [0.05, 0.1) is 15.3 Å². The van der Waals surface area contributed by atoms with Gasteiger partial charge in [-0.05, 0) is 40.3 Å². The van der Waals surface area contributed by atoms with Crippen LogP contribution >= 0.6 is 27.3 Å². The number of aromatic nitrogens is 2. The van der Waals surface area contributed by atoms with Crippen LogP contribution in [0.5, 0.6) is 0 Å². The number of rotatable bonds is 1. The molecule has 0 bridgehead atoms. The molecule has 2 N–H and O–H groups in total.